The van der Waals surface area contributed by atoms with E-state index in [1.165, 1.54) is 6.07 Å². The lowest BCUT2D eigenvalue weighted by molar-refractivity contribution is -0.134. The third kappa shape index (κ3) is 3.62. The monoisotopic (exact) mass is 332 g/mol. The van der Waals surface area contributed by atoms with Crippen LogP contribution in [0.5, 0.6) is 0 Å². The molecule has 1 atom stereocenters. The smallest absolute Gasteiger partial charge is 0.227 e. The number of piperidine rings is 1. The number of benzene rings is 1. The van der Waals surface area contributed by atoms with Crippen molar-refractivity contribution < 1.29 is 13.9 Å². The van der Waals surface area contributed by atoms with Gasteiger partial charge in [0.25, 0.3) is 0 Å². The summed E-state index contributed by atoms with van der Waals surface area (Å²) in [7, 11) is 1.59. The maximum atomic E-state index is 13.8. The van der Waals surface area contributed by atoms with Gasteiger partial charge in [-0.25, -0.2) is 9.37 Å². The van der Waals surface area contributed by atoms with E-state index in [-0.39, 0.29) is 24.2 Å². The first-order chi connectivity index (χ1) is 11.7. The summed E-state index contributed by atoms with van der Waals surface area (Å²) < 4.78 is 18.9. The number of H-pyrrole nitrogens is 1. The molecule has 1 saturated heterocycles. The number of carbonyl (C=O) groups is 1. The number of methoxy groups -OCH3 is 1. The number of nitrogens with zero attached hydrogens (tertiary/aromatic N) is 3. The summed E-state index contributed by atoms with van der Waals surface area (Å²) >= 11 is 0. The number of ether oxygens (including phenoxy) is 1. The summed E-state index contributed by atoms with van der Waals surface area (Å²) in [5, 5.41) is 7.07. The van der Waals surface area contributed by atoms with E-state index in [1.54, 1.807) is 30.2 Å². The molecule has 1 fully saturated rings. The Morgan fingerprint density at radius 1 is 1.42 bits per heavy atom. The Bertz CT molecular complexity index is 703. The molecule has 128 valence electrons. The van der Waals surface area contributed by atoms with E-state index in [4.69, 9.17) is 4.74 Å². The summed E-state index contributed by atoms with van der Waals surface area (Å²) in [4.78, 5) is 18.9. The molecule has 1 amide bonds. The number of nitrogens with one attached hydrogen (secondary N) is 1. The maximum Gasteiger partial charge on any atom is 0.227 e. The topological polar surface area (TPSA) is 71.1 Å². The van der Waals surface area contributed by atoms with Crippen molar-refractivity contribution in [3.05, 3.63) is 47.3 Å². The zero-order valence-corrected chi connectivity index (χ0v) is 13.7. The van der Waals surface area contributed by atoms with E-state index in [1.807, 2.05) is 0 Å². The summed E-state index contributed by atoms with van der Waals surface area (Å²) in [6, 6.07) is 6.22. The van der Waals surface area contributed by atoms with Gasteiger partial charge >= 0.3 is 0 Å². The fourth-order valence-corrected chi connectivity index (χ4v) is 3.07. The minimum atomic E-state index is -0.348. The molecule has 0 spiro atoms. The normalized spacial score (nSPS) is 17.9. The number of hydrogen-bond acceptors (Lipinski definition) is 4. The molecular weight excluding hydrogens is 311 g/mol. The standard InChI is InChI=1S/C17H21FN4O2/c1-24-11-15-19-17(21-20-15)14-8-4-5-9-22(14)16(23)10-12-6-2-3-7-13(12)18/h2-3,6-7,14H,4-5,8-11H2,1H3,(H,19,20,21). The van der Waals surface area contributed by atoms with Crippen molar-refractivity contribution in [3.63, 3.8) is 0 Å². The molecule has 0 radical (unpaired) electrons. The molecule has 0 aliphatic carbocycles. The van der Waals surface area contributed by atoms with Gasteiger partial charge in [0.15, 0.2) is 11.6 Å². The van der Waals surface area contributed by atoms with Gasteiger partial charge in [0.2, 0.25) is 5.91 Å². The number of halogens is 1. The van der Waals surface area contributed by atoms with E-state index in [9.17, 15) is 9.18 Å². The Hall–Kier alpha value is -2.28. The average Bonchev–Trinajstić information content (AvgIpc) is 3.06. The number of likely N-dealkylation sites (tertiary alicyclic amines) is 1. The van der Waals surface area contributed by atoms with Crippen molar-refractivity contribution >= 4 is 5.91 Å². The Kier molecular flexibility index (Phi) is 5.20. The van der Waals surface area contributed by atoms with E-state index in [2.05, 4.69) is 15.2 Å². The zero-order valence-electron chi connectivity index (χ0n) is 13.7. The summed E-state index contributed by atoms with van der Waals surface area (Å²) in [6.07, 6.45) is 2.82. The quantitative estimate of drug-likeness (QED) is 0.912. The van der Waals surface area contributed by atoms with Crippen LogP contribution in [0.25, 0.3) is 0 Å². The molecule has 3 rings (SSSR count). The second kappa shape index (κ2) is 7.53. The molecule has 1 aromatic carbocycles. The van der Waals surface area contributed by atoms with Crippen molar-refractivity contribution in [2.75, 3.05) is 13.7 Å². The molecule has 7 heteroatoms. The molecule has 1 aliphatic heterocycles. The lowest BCUT2D eigenvalue weighted by Gasteiger charge is -2.34. The van der Waals surface area contributed by atoms with Crippen LogP contribution in [-0.2, 0) is 22.6 Å². The first-order valence-electron chi connectivity index (χ1n) is 8.12. The molecule has 0 saturated carbocycles. The molecule has 24 heavy (non-hydrogen) atoms. The Morgan fingerprint density at radius 3 is 3.04 bits per heavy atom. The minimum absolute atomic E-state index is 0.0541. The molecule has 1 aromatic heterocycles. The van der Waals surface area contributed by atoms with Gasteiger partial charge in [-0.15, -0.1) is 0 Å². The summed E-state index contributed by atoms with van der Waals surface area (Å²) in [5.41, 5.74) is 0.418. The predicted molar refractivity (Wildman–Crippen MR) is 85.5 cm³/mol. The van der Waals surface area contributed by atoms with Crippen LogP contribution >= 0.6 is 0 Å². The molecule has 2 aromatic rings. The number of amides is 1. The van der Waals surface area contributed by atoms with Crippen LogP contribution in [0.4, 0.5) is 4.39 Å². The Morgan fingerprint density at radius 2 is 2.25 bits per heavy atom. The second-order valence-electron chi connectivity index (χ2n) is 5.94. The summed E-state index contributed by atoms with van der Waals surface area (Å²) in [6.45, 7) is 0.995. The van der Waals surface area contributed by atoms with Gasteiger partial charge in [0.05, 0.1) is 12.5 Å². The number of aromatic amines is 1. The third-order valence-electron chi connectivity index (χ3n) is 4.25. The SMILES string of the molecule is COCc1nc(C2CCCCN2C(=O)Cc2ccccc2F)n[nH]1. The fourth-order valence-electron chi connectivity index (χ4n) is 3.07. The van der Waals surface area contributed by atoms with Gasteiger partial charge in [0.1, 0.15) is 12.4 Å². The predicted octanol–water partition coefficient (Wildman–Crippen LogP) is 2.39. The average molecular weight is 332 g/mol. The maximum absolute atomic E-state index is 13.8. The zero-order chi connectivity index (χ0) is 16.9. The highest BCUT2D eigenvalue weighted by molar-refractivity contribution is 5.79. The van der Waals surface area contributed by atoms with Gasteiger partial charge in [-0.2, -0.15) is 5.10 Å². The van der Waals surface area contributed by atoms with Crippen molar-refractivity contribution in [1.29, 1.82) is 0 Å². The van der Waals surface area contributed by atoms with Crippen LogP contribution in [0.2, 0.25) is 0 Å². The third-order valence-corrected chi connectivity index (χ3v) is 4.25. The fraction of sp³-hybridized carbons (Fsp3) is 0.471. The number of hydrogen-bond donors (Lipinski definition) is 1. The first kappa shape index (κ1) is 16.6. The van der Waals surface area contributed by atoms with Crippen LogP contribution < -0.4 is 0 Å². The van der Waals surface area contributed by atoms with Crippen LogP contribution in [0.15, 0.2) is 24.3 Å². The van der Waals surface area contributed by atoms with Gasteiger partial charge < -0.3 is 9.64 Å². The molecule has 1 N–H and O–H groups in total. The van der Waals surface area contributed by atoms with Crippen molar-refractivity contribution in [2.24, 2.45) is 0 Å². The number of aromatic nitrogens is 3. The first-order valence-corrected chi connectivity index (χ1v) is 8.12. The highest BCUT2D eigenvalue weighted by atomic mass is 19.1. The number of carbonyl (C=O) groups excluding carboxylic acids is 1. The van der Waals surface area contributed by atoms with Crippen LogP contribution in [0.1, 0.15) is 42.5 Å². The van der Waals surface area contributed by atoms with Gasteiger partial charge in [-0.05, 0) is 30.9 Å². The second-order valence-corrected chi connectivity index (χ2v) is 5.94. The lowest BCUT2D eigenvalue weighted by Crippen LogP contribution is -2.40. The van der Waals surface area contributed by atoms with Gasteiger partial charge in [-0.3, -0.25) is 9.89 Å². The molecule has 2 heterocycles. The Balaban J connectivity index is 1.76. The molecule has 1 aliphatic rings. The minimum Gasteiger partial charge on any atom is -0.377 e. The van der Waals surface area contributed by atoms with E-state index in [0.717, 1.165) is 19.3 Å². The van der Waals surface area contributed by atoms with E-state index < -0.39 is 0 Å². The highest BCUT2D eigenvalue weighted by Gasteiger charge is 2.31. The van der Waals surface area contributed by atoms with Gasteiger partial charge in [-0.1, -0.05) is 18.2 Å². The molecular formula is C17H21FN4O2. The summed E-state index contributed by atoms with van der Waals surface area (Å²) in [5.74, 6) is 0.797. The van der Waals surface area contributed by atoms with Crippen molar-refractivity contribution in [2.45, 2.75) is 38.3 Å². The van der Waals surface area contributed by atoms with Crippen LogP contribution in [0.3, 0.4) is 0 Å². The molecule has 1 unspecified atom stereocenters. The van der Waals surface area contributed by atoms with E-state index in [0.29, 0.717) is 30.4 Å². The number of rotatable bonds is 5. The van der Waals surface area contributed by atoms with E-state index >= 15 is 0 Å². The van der Waals surface area contributed by atoms with Crippen molar-refractivity contribution in [3.8, 4) is 0 Å². The Labute approximate surface area is 140 Å². The van der Waals surface area contributed by atoms with Crippen molar-refractivity contribution in [1.82, 2.24) is 20.1 Å². The van der Waals surface area contributed by atoms with Crippen LogP contribution in [0, 0.1) is 5.82 Å². The molecule has 0 bridgehead atoms. The highest BCUT2D eigenvalue weighted by Crippen LogP contribution is 2.29. The van der Waals surface area contributed by atoms with Crippen LogP contribution in [-0.4, -0.2) is 39.6 Å². The largest absolute Gasteiger partial charge is 0.377 e. The van der Waals surface area contributed by atoms with Gasteiger partial charge in [0, 0.05) is 13.7 Å². The lowest BCUT2D eigenvalue weighted by atomic mass is 10.00. The molecule has 6 nitrogen and oxygen atoms in total.